The van der Waals surface area contributed by atoms with Crippen molar-refractivity contribution in [1.29, 1.82) is 0 Å². The van der Waals surface area contributed by atoms with Crippen LogP contribution in [0.3, 0.4) is 0 Å². The number of carbonyl (C=O) groups is 1. The molecule has 0 radical (unpaired) electrons. The Bertz CT molecular complexity index is 704. The van der Waals surface area contributed by atoms with E-state index in [9.17, 15) is 18.0 Å². The Balaban J connectivity index is 1.93. The monoisotopic (exact) mass is 359 g/mol. The van der Waals surface area contributed by atoms with Crippen molar-refractivity contribution >= 4 is 23.2 Å². The summed E-state index contributed by atoms with van der Waals surface area (Å²) in [5, 5.41) is 3.01. The predicted molar refractivity (Wildman–Crippen MR) is 83.3 cm³/mol. The Hall–Kier alpha value is -2.41. The first-order chi connectivity index (χ1) is 11.2. The zero-order chi connectivity index (χ0) is 17.7. The summed E-state index contributed by atoms with van der Waals surface area (Å²) in [6, 6.07) is 11.4. The molecule has 0 spiro atoms. The summed E-state index contributed by atoms with van der Waals surface area (Å²) in [5.41, 5.74) is 0.316. The second-order valence-corrected chi connectivity index (χ2v) is 5.22. The number of hydrogen-bond donors (Lipinski definition) is 1. The molecule has 128 valence electrons. The van der Waals surface area contributed by atoms with Gasteiger partial charge in [-0.15, -0.1) is 13.2 Å². The second kappa shape index (κ2) is 7.44. The molecule has 2 rings (SSSR count). The van der Waals surface area contributed by atoms with Gasteiger partial charge in [-0.25, -0.2) is 0 Å². The van der Waals surface area contributed by atoms with E-state index in [-0.39, 0.29) is 5.75 Å². The lowest BCUT2D eigenvalue weighted by Crippen LogP contribution is -2.30. The third-order valence-electron chi connectivity index (χ3n) is 2.83. The Morgan fingerprint density at radius 3 is 2.38 bits per heavy atom. The smallest absolute Gasteiger partial charge is 0.481 e. The SMILES string of the molecule is CC(Oc1cccc(Cl)c1)C(=O)Nc1ccc(OC(F)(F)F)cc1. The average molecular weight is 360 g/mol. The molecule has 0 aliphatic rings. The molecule has 0 aliphatic heterocycles. The number of ether oxygens (including phenoxy) is 2. The molecule has 0 aliphatic carbocycles. The molecule has 0 bridgehead atoms. The van der Waals surface area contributed by atoms with Crippen molar-refractivity contribution in [3.05, 3.63) is 53.6 Å². The van der Waals surface area contributed by atoms with Crippen LogP contribution in [0.15, 0.2) is 48.5 Å². The van der Waals surface area contributed by atoms with Crippen LogP contribution in [0.4, 0.5) is 18.9 Å². The molecule has 0 heterocycles. The number of carbonyl (C=O) groups excluding carboxylic acids is 1. The standard InChI is InChI=1S/C16H13ClF3NO3/c1-10(23-14-4-2-3-11(17)9-14)15(22)21-12-5-7-13(8-6-12)24-16(18,19)20/h2-10H,1H3,(H,21,22). The number of alkyl halides is 3. The summed E-state index contributed by atoms with van der Waals surface area (Å²) in [4.78, 5) is 12.0. The number of rotatable bonds is 5. The van der Waals surface area contributed by atoms with Crippen molar-refractivity contribution in [3.63, 3.8) is 0 Å². The van der Waals surface area contributed by atoms with E-state index in [1.807, 2.05) is 0 Å². The number of benzene rings is 2. The molecule has 1 amide bonds. The minimum absolute atomic E-state index is 0.316. The fourth-order valence-corrected chi connectivity index (χ4v) is 1.96. The van der Waals surface area contributed by atoms with Crippen LogP contribution in [0.2, 0.25) is 5.02 Å². The van der Waals surface area contributed by atoms with E-state index in [0.717, 1.165) is 12.1 Å². The third kappa shape index (κ3) is 5.66. The van der Waals surface area contributed by atoms with Crippen LogP contribution < -0.4 is 14.8 Å². The lowest BCUT2D eigenvalue weighted by Gasteiger charge is -2.15. The van der Waals surface area contributed by atoms with Crippen molar-refractivity contribution in [1.82, 2.24) is 0 Å². The molecule has 2 aromatic carbocycles. The first-order valence-corrected chi connectivity index (χ1v) is 7.19. The fraction of sp³-hybridized carbons (Fsp3) is 0.188. The maximum atomic E-state index is 12.1. The van der Waals surface area contributed by atoms with Gasteiger partial charge in [-0.05, 0) is 49.4 Å². The summed E-state index contributed by atoms with van der Waals surface area (Å²) in [7, 11) is 0. The van der Waals surface area contributed by atoms with Crippen LogP contribution in [0.5, 0.6) is 11.5 Å². The van der Waals surface area contributed by atoms with Gasteiger partial charge in [0.1, 0.15) is 11.5 Å². The largest absolute Gasteiger partial charge is 0.573 e. The summed E-state index contributed by atoms with van der Waals surface area (Å²) in [6.45, 7) is 1.54. The molecule has 8 heteroatoms. The van der Waals surface area contributed by atoms with Crippen molar-refractivity contribution in [2.75, 3.05) is 5.32 Å². The molecule has 0 aromatic heterocycles. The zero-order valence-corrected chi connectivity index (χ0v) is 13.2. The molecule has 24 heavy (non-hydrogen) atoms. The van der Waals surface area contributed by atoms with Crippen LogP contribution >= 0.6 is 11.6 Å². The summed E-state index contributed by atoms with van der Waals surface area (Å²) < 4.78 is 45.4. The molecule has 1 atom stereocenters. The number of nitrogens with one attached hydrogen (secondary N) is 1. The topological polar surface area (TPSA) is 47.6 Å². The van der Waals surface area contributed by atoms with Crippen LogP contribution in [-0.4, -0.2) is 18.4 Å². The maximum absolute atomic E-state index is 12.1. The van der Waals surface area contributed by atoms with Gasteiger partial charge in [-0.1, -0.05) is 17.7 Å². The fourth-order valence-electron chi connectivity index (χ4n) is 1.78. The first kappa shape index (κ1) is 17.9. The first-order valence-electron chi connectivity index (χ1n) is 6.82. The molecular formula is C16H13ClF3NO3. The average Bonchev–Trinajstić information content (AvgIpc) is 2.47. The number of amides is 1. The zero-order valence-electron chi connectivity index (χ0n) is 12.4. The Morgan fingerprint density at radius 2 is 1.79 bits per heavy atom. The quantitative estimate of drug-likeness (QED) is 0.845. The highest BCUT2D eigenvalue weighted by Crippen LogP contribution is 2.24. The van der Waals surface area contributed by atoms with Gasteiger partial charge >= 0.3 is 6.36 Å². The maximum Gasteiger partial charge on any atom is 0.573 e. The van der Waals surface area contributed by atoms with Crippen molar-refractivity contribution in [3.8, 4) is 11.5 Å². The Labute approximate surface area is 141 Å². The lowest BCUT2D eigenvalue weighted by molar-refractivity contribution is -0.274. The lowest BCUT2D eigenvalue weighted by atomic mass is 10.2. The van der Waals surface area contributed by atoms with Gasteiger partial charge in [0.15, 0.2) is 6.10 Å². The minimum Gasteiger partial charge on any atom is -0.481 e. The van der Waals surface area contributed by atoms with E-state index in [4.69, 9.17) is 16.3 Å². The number of halogens is 4. The van der Waals surface area contributed by atoms with E-state index in [0.29, 0.717) is 16.5 Å². The van der Waals surface area contributed by atoms with Gasteiger partial charge in [0.25, 0.3) is 5.91 Å². The third-order valence-corrected chi connectivity index (χ3v) is 3.07. The Morgan fingerprint density at radius 1 is 1.12 bits per heavy atom. The van der Waals surface area contributed by atoms with Crippen molar-refractivity contribution in [2.24, 2.45) is 0 Å². The van der Waals surface area contributed by atoms with Gasteiger partial charge in [0.05, 0.1) is 0 Å². The molecule has 1 N–H and O–H groups in total. The van der Waals surface area contributed by atoms with E-state index in [1.165, 1.54) is 19.1 Å². The summed E-state index contributed by atoms with van der Waals surface area (Å²) >= 11 is 5.83. The van der Waals surface area contributed by atoms with Gasteiger partial charge in [0.2, 0.25) is 0 Å². The highest BCUT2D eigenvalue weighted by Gasteiger charge is 2.31. The van der Waals surface area contributed by atoms with Crippen molar-refractivity contribution in [2.45, 2.75) is 19.4 Å². The number of anilines is 1. The van der Waals surface area contributed by atoms with Crippen LogP contribution in [0, 0.1) is 0 Å². The van der Waals surface area contributed by atoms with E-state index < -0.39 is 18.4 Å². The van der Waals surface area contributed by atoms with Crippen LogP contribution in [-0.2, 0) is 4.79 Å². The minimum atomic E-state index is -4.76. The highest BCUT2D eigenvalue weighted by atomic mass is 35.5. The summed E-state index contributed by atoms with van der Waals surface area (Å²) in [5.74, 6) is -0.401. The van der Waals surface area contributed by atoms with E-state index >= 15 is 0 Å². The van der Waals surface area contributed by atoms with Crippen molar-refractivity contribution < 1.29 is 27.4 Å². The molecule has 4 nitrogen and oxygen atoms in total. The highest BCUT2D eigenvalue weighted by molar-refractivity contribution is 6.30. The van der Waals surface area contributed by atoms with Gasteiger partial charge in [-0.2, -0.15) is 0 Å². The predicted octanol–water partition coefficient (Wildman–Crippen LogP) is 4.64. The van der Waals surface area contributed by atoms with E-state index in [2.05, 4.69) is 10.1 Å². The molecular weight excluding hydrogens is 347 g/mol. The van der Waals surface area contributed by atoms with Crippen LogP contribution in [0.1, 0.15) is 6.92 Å². The van der Waals surface area contributed by atoms with Gasteiger partial charge in [0, 0.05) is 10.7 Å². The van der Waals surface area contributed by atoms with Gasteiger partial charge < -0.3 is 14.8 Å². The second-order valence-electron chi connectivity index (χ2n) is 4.78. The van der Waals surface area contributed by atoms with Crippen LogP contribution in [0.25, 0.3) is 0 Å². The molecule has 0 saturated heterocycles. The summed E-state index contributed by atoms with van der Waals surface area (Å²) in [6.07, 6.45) is -5.58. The molecule has 0 fully saturated rings. The molecule has 1 unspecified atom stereocenters. The normalized spacial score (nSPS) is 12.4. The Kier molecular flexibility index (Phi) is 5.56. The molecule has 0 saturated carbocycles. The number of hydrogen-bond acceptors (Lipinski definition) is 3. The van der Waals surface area contributed by atoms with Gasteiger partial charge in [-0.3, -0.25) is 4.79 Å². The molecule has 2 aromatic rings. The van der Waals surface area contributed by atoms with E-state index in [1.54, 1.807) is 24.3 Å².